The van der Waals surface area contributed by atoms with E-state index in [1.807, 2.05) is 16.9 Å². The molecule has 23 heavy (non-hydrogen) atoms. The summed E-state index contributed by atoms with van der Waals surface area (Å²) in [6.45, 7) is 3.88. The maximum absolute atomic E-state index is 12.9. The fraction of sp³-hybridized carbons (Fsp3) is 0.400. The molecule has 0 radical (unpaired) electrons. The van der Waals surface area contributed by atoms with E-state index in [9.17, 15) is 12.8 Å². The first-order chi connectivity index (χ1) is 11.1. The van der Waals surface area contributed by atoms with Crippen LogP contribution >= 0.6 is 0 Å². The lowest BCUT2D eigenvalue weighted by Gasteiger charge is -2.33. The fourth-order valence-corrected chi connectivity index (χ4v) is 4.05. The SMILES string of the molecule is O=S(=O)(c1ccc(F)cc1)N1CCN(CCn2cccn2)CC1. The second-order valence-corrected chi connectivity index (χ2v) is 7.41. The number of piperazine rings is 1. The molecule has 3 rings (SSSR count). The van der Waals surface area contributed by atoms with E-state index in [-0.39, 0.29) is 4.90 Å². The average Bonchev–Trinajstić information content (AvgIpc) is 3.07. The van der Waals surface area contributed by atoms with Crippen molar-refractivity contribution in [1.29, 1.82) is 0 Å². The third-order valence-corrected chi connectivity index (χ3v) is 5.90. The van der Waals surface area contributed by atoms with Gasteiger partial charge < -0.3 is 0 Å². The van der Waals surface area contributed by atoms with Gasteiger partial charge in [-0.3, -0.25) is 9.58 Å². The summed E-state index contributed by atoms with van der Waals surface area (Å²) < 4.78 is 41.3. The molecule has 0 saturated carbocycles. The lowest BCUT2D eigenvalue weighted by Crippen LogP contribution is -2.49. The second kappa shape index (κ2) is 6.77. The van der Waals surface area contributed by atoms with E-state index in [0.29, 0.717) is 26.2 Å². The van der Waals surface area contributed by atoms with Crippen LogP contribution in [0.2, 0.25) is 0 Å². The molecule has 2 heterocycles. The summed E-state index contributed by atoms with van der Waals surface area (Å²) in [5.74, 6) is -0.438. The monoisotopic (exact) mass is 338 g/mol. The van der Waals surface area contributed by atoms with Gasteiger partial charge in [-0.25, -0.2) is 12.8 Å². The smallest absolute Gasteiger partial charge is 0.243 e. The van der Waals surface area contributed by atoms with E-state index in [4.69, 9.17) is 0 Å². The number of hydrogen-bond acceptors (Lipinski definition) is 4. The van der Waals surface area contributed by atoms with E-state index in [2.05, 4.69) is 10.00 Å². The molecule has 0 aliphatic carbocycles. The zero-order chi connectivity index (χ0) is 16.3. The van der Waals surface area contributed by atoms with Gasteiger partial charge in [0, 0.05) is 45.1 Å². The molecule has 1 aromatic carbocycles. The van der Waals surface area contributed by atoms with Gasteiger partial charge >= 0.3 is 0 Å². The molecule has 1 aliphatic heterocycles. The highest BCUT2D eigenvalue weighted by Crippen LogP contribution is 2.18. The summed E-state index contributed by atoms with van der Waals surface area (Å²) in [4.78, 5) is 2.36. The van der Waals surface area contributed by atoms with Crippen LogP contribution in [0.4, 0.5) is 4.39 Å². The van der Waals surface area contributed by atoms with E-state index in [0.717, 1.165) is 13.1 Å². The average molecular weight is 338 g/mol. The molecule has 0 bridgehead atoms. The summed E-state index contributed by atoms with van der Waals surface area (Å²) in [6.07, 6.45) is 3.66. The molecule has 124 valence electrons. The molecule has 0 spiro atoms. The number of hydrogen-bond donors (Lipinski definition) is 0. The lowest BCUT2D eigenvalue weighted by molar-refractivity contribution is 0.181. The Balaban J connectivity index is 1.56. The maximum atomic E-state index is 12.9. The van der Waals surface area contributed by atoms with Crippen molar-refractivity contribution in [3.05, 3.63) is 48.5 Å². The second-order valence-electron chi connectivity index (χ2n) is 5.47. The zero-order valence-electron chi connectivity index (χ0n) is 12.7. The van der Waals surface area contributed by atoms with Crippen molar-refractivity contribution in [2.24, 2.45) is 0 Å². The Morgan fingerprint density at radius 1 is 1.04 bits per heavy atom. The van der Waals surface area contributed by atoms with Gasteiger partial charge in [0.2, 0.25) is 10.0 Å². The number of benzene rings is 1. The van der Waals surface area contributed by atoms with E-state index < -0.39 is 15.8 Å². The number of aromatic nitrogens is 2. The summed E-state index contributed by atoms with van der Waals surface area (Å²) >= 11 is 0. The van der Waals surface area contributed by atoms with Crippen LogP contribution in [0, 0.1) is 5.82 Å². The molecule has 1 saturated heterocycles. The van der Waals surface area contributed by atoms with E-state index in [1.165, 1.54) is 28.6 Å². The number of sulfonamides is 1. The Morgan fingerprint density at radius 3 is 2.35 bits per heavy atom. The summed E-state index contributed by atoms with van der Waals surface area (Å²) in [6, 6.07) is 6.86. The molecule has 1 fully saturated rings. The number of halogens is 1. The van der Waals surface area contributed by atoms with Crippen LogP contribution in [-0.2, 0) is 16.6 Å². The first-order valence-corrected chi connectivity index (χ1v) is 8.95. The summed E-state index contributed by atoms with van der Waals surface area (Å²) in [5, 5.41) is 4.15. The third kappa shape index (κ3) is 3.77. The largest absolute Gasteiger partial charge is 0.299 e. The summed E-state index contributed by atoms with van der Waals surface area (Å²) in [5.41, 5.74) is 0. The van der Waals surface area contributed by atoms with Gasteiger partial charge in [-0.15, -0.1) is 0 Å². The van der Waals surface area contributed by atoms with Crippen LogP contribution in [0.1, 0.15) is 0 Å². The van der Waals surface area contributed by atoms with Gasteiger partial charge in [0.15, 0.2) is 0 Å². The number of nitrogens with zero attached hydrogens (tertiary/aromatic N) is 4. The van der Waals surface area contributed by atoms with Crippen molar-refractivity contribution in [3.8, 4) is 0 Å². The van der Waals surface area contributed by atoms with Crippen LogP contribution in [0.15, 0.2) is 47.6 Å². The minimum Gasteiger partial charge on any atom is -0.299 e. The highest BCUT2D eigenvalue weighted by atomic mass is 32.2. The Hall–Kier alpha value is -1.77. The molecule has 0 amide bonds. The molecular formula is C15H19FN4O2S. The molecule has 2 aromatic rings. The van der Waals surface area contributed by atoms with E-state index in [1.54, 1.807) is 6.20 Å². The Bertz CT molecular complexity index is 723. The third-order valence-electron chi connectivity index (χ3n) is 3.99. The highest BCUT2D eigenvalue weighted by Gasteiger charge is 2.28. The molecular weight excluding hydrogens is 319 g/mol. The molecule has 0 unspecified atom stereocenters. The van der Waals surface area contributed by atoms with Gasteiger partial charge in [-0.05, 0) is 30.3 Å². The predicted molar refractivity (Wildman–Crippen MR) is 83.8 cm³/mol. The number of rotatable bonds is 5. The van der Waals surface area contributed by atoms with Crippen molar-refractivity contribution in [2.75, 3.05) is 32.7 Å². The van der Waals surface area contributed by atoms with Crippen LogP contribution in [0.5, 0.6) is 0 Å². The molecule has 0 N–H and O–H groups in total. The predicted octanol–water partition coefficient (Wildman–Crippen LogP) is 1.03. The van der Waals surface area contributed by atoms with Crippen molar-refractivity contribution in [2.45, 2.75) is 11.4 Å². The molecule has 1 aliphatic rings. The minimum atomic E-state index is -3.54. The topological polar surface area (TPSA) is 58.4 Å². The van der Waals surface area contributed by atoms with Crippen LogP contribution in [0.25, 0.3) is 0 Å². The molecule has 6 nitrogen and oxygen atoms in total. The van der Waals surface area contributed by atoms with Gasteiger partial charge in [-0.2, -0.15) is 9.40 Å². The fourth-order valence-electron chi connectivity index (χ4n) is 2.63. The Kier molecular flexibility index (Phi) is 4.74. The van der Waals surface area contributed by atoms with Crippen LogP contribution < -0.4 is 0 Å². The zero-order valence-corrected chi connectivity index (χ0v) is 13.5. The van der Waals surface area contributed by atoms with Crippen molar-refractivity contribution < 1.29 is 12.8 Å². The van der Waals surface area contributed by atoms with Gasteiger partial charge in [0.05, 0.1) is 11.4 Å². The standard InChI is InChI=1S/C15H19FN4O2S/c16-14-2-4-15(5-3-14)23(21,22)20-12-9-18(10-13-20)8-11-19-7-1-6-17-19/h1-7H,8-13H2. The molecule has 8 heteroatoms. The quantitative estimate of drug-likeness (QED) is 0.817. The lowest BCUT2D eigenvalue weighted by atomic mass is 10.3. The molecule has 0 atom stereocenters. The Labute approximate surface area is 135 Å². The summed E-state index contributed by atoms with van der Waals surface area (Å²) in [7, 11) is -3.54. The highest BCUT2D eigenvalue weighted by molar-refractivity contribution is 7.89. The van der Waals surface area contributed by atoms with Gasteiger partial charge in [-0.1, -0.05) is 0 Å². The van der Waals surface area contributed by atoms with Gasteiger partial charge in [0.25, 0.3) is 0 Å². The van der Waals surface area contributed by atoms with E-state index >= 15 is 0 Å². The van der Waals surface area contributed by atoms with Crippen LogP contribution in [-0.4, -0.2) is 60.1 Å². The Morgan fingerprint density at radius 2 is 1.74 bits per heavy atom. The van der Waals surface area contributed by atoms with Crippen LogP contribution in [0.3, 0.4) is 0 Å². The van der Waals surface area contributed by atoms with Crippen molar-refractivity contribution in [3.63, 3.8) is 0 Å². The maximum Gasteiger partial charge on any atom is 0.243 e. The first kappa shape index (κ1) is 16.1. The minimum absolute atomic E-state index is 0.142. The van der Waals surface area contributed by atoms with Crippen molar-refractivity contribution >= 4 is 10.0 Å². The van der Waals surface area contributed by atoms with Gasteiger partial charge in [0.1, 0.15) is 5.82 Å². The van der Waals surface area contributed by atoms with Crippen molar-refractivity contribution in [1.82, 2.24) is 19.0 Å². The molecule has 1 aromatic heterocycles. The first-order valence-electron chi connectivity index (χ1n) is 7.51. The normalized spacial score (nSPS) is 17.4.